The molecule has 0 aliphatic rings. The van der Waals surface area contributed by atoms with Gasteiger partial charge >= 0.3 is 17.7 Å². The van der Waals surface area contributed by atoms with E-state index in [2.05, 4.69) is 20.8 Å². The molecule has 0 aliphatic heterocycles. The zero-order valence-corrected chi connectivity index (χ0v) is 17.1. The molecule has 0 unspecified atom stereocenters. The lowest BCUT2D eigenvalue weighted by molar-refractivity contribution is -0.191. The summed E-state index contributed by atoms with van der Waals surface area (Å²) in [6, 6.07) is 1.93. The zero-order chi connectivity index (χ0) is 19.8. The summed E-state index contributed by atoms with van der Waals surface area (Å²) in [5, 5.41) is 15.8. The van der Waals surface area contributed by atoms with Gasteiger partial charge in [0, 0.05) is 13.0 Å². The lowest BCUT2D eigenvalue weighted by Crippen LogP contribution is -1.78. The van der Waals surface area contributed by atoms with Gasteiger partial charge in [0.2, 0.25) is 0 Å². The highest BCUT2D eigenvalue weighted by Crippen LogP contribution is 1.89. The maximum Gasteiger partial charge on any atom is 0.373 e. The van der Waals surface area contributed by atoms with Gasteiger partial charge in [0.1, 0.15) is 0 Å². The van der Waals surface area contributed by atoms with Gasteiger partial charge in [-0.2, -0.15) is 23.3 Å². The van der Waals surface area contributed by atoms with E-state index in [0.29, 0.717) is 13.0 Å². The Hall–Kier alpha value is -1.39. The van der Waals surface area contributed by atoms with Crippen LogP contribution in [0.3, 0.4) is 0 Å². The number of hydrogen-bond donors (Lipinski definition) is 2. The van der Waals surface area contributed by atoms with Crippen molar-refractivity contribution in [2.75, 3.05) is 6.61 Å². The molecule has 0 spiro atoms. The van der Waals surface area contributed by atoms with Crippen LogP contribution in [0.4, 0.5) is 0 Å². The molecule has 7 nitrogen and oxygen atoms in total. The summed E-state index contributed by atoms with van der Waals surface area (Å²) in [5.74, 6) is 0. The largest absolute Gasteiger partial charge is 0.396 e. The second-order valence-electron chi connectivity index (χ2n) is 3.45. The van der Waals surface area contributed by atoms with Gasteiger partial charge < -0.3 is 11.3 Å². The minimum atomic E-state index is -0.750. The SMILES string of the molecule is C.C.CC.CCC#N.CCCCC.CCCCCO.N.O=C=O.O=S=O. The zero-order valence-electron chi connectivity index (χ0n) is 16.3. The number of carbonyl (C=O) groups excluding carboxylic acids is 2. The summed E-state index contributed by atoms with van der Waals surface area (Å²) in [4.78, 5) is 16.2. The fraction of sp³-hybridized carbons (Fsp3) is 0.889. The monoisotopic (exact) mass is 402 g/mol. The van der Waals surface area contributed by atoms with Crippen molar-refractivity contribution in [2.45, 2.75) is 101 Å². The maximum atomic E-state index is 8.29. The fourth-order valence-electron chi connectivity index (χ4n) is 0.715. The summed E-state index contributed by atoms with van der Waals surface area (Å²) in [7, 11) is 0. The predicted octanol–water partition coefficient (Wildman–Crippen LogP) is 5.49. The standard InChI is InChI=1S/C5H12O.C5H12.C3H5N.C2H6.CO2.2CH4.H3N.O2S/c1-2-3-4-5-6;1-3-5-4-2;1-2-3-4;1-2;2-1-3;;;;1-3-2/h6H,2-5H2,1H3;3-5H2,1-2H3;2H2,1H3;1-2H3;;2*1H4;1H3;. The molecular weight excluding hydrogens is 356 g/mol. The first-order valence-corrected chi connectivity index (χ1v) is 8.63. The van der Waals surface area contributed by atoms with Crippen LogP contribution >= 0.6 is 0 Å². The molecule has 0 saturated carbocycles. The average Bonchev–Trinajstić information content (AvgIpc) is 2.58. The predicted molar refractivity (Wildman–Crippen MR) is 111 cm³/mol. The number of rotatable bonds is 5. The Morgan fingerprint density at radius 2 is 1.08 bits per heavy atom. The Labute approximate surface area is 166 Å². The molecule has 0 bridgehead atoms. The van der Waals surface area contributed by atoms with E-state index in [1.807, 2.05) is 26.8 Å². The van der Waals surface area contributed by atoms with Crippen LogP contribution in [0.15, 0.2) is 0 Å². The Morgan fingerprint density at radius 1 is 0.846 bits per heavy atom. The summed E-state index contributed by atoms with van der Waals surface area (Å²) < 4.78 is 16.6. The lowest BCUT2D eigenvalue weighted by atomic mass is 10.3. The molecule has 0 saturated heterocycles. The Kier molecular flexibility index (Phi) is 283. The van der Waals surface area contributed by atoms with Crippen molar-refractivity contribution < 1.29 is 23.1 Å². The van der Waals surface area contributed by atoms with Crippen LogP contribution in [0.1, 0.15) is 101 Å². The van der Waals surface area contributed by atoms with Crippen LogP contribution in [0.2, 0.25) is 0 Å². The van der Waals surface area contributed by atoms with E-state index in [-0.39, 0.29) is 27.2 Å². The van der Waals surface area contributed by atoms with Gasteiger partial charge in [-0.25, -0.2) is 0 Å². The molecule has 164 valence electrons. The Morgan fingerprint density at radius 3 is 1.12 bits per heavy atom. The third kappa shape index (κ3) is 497. The van der Waals surface area contributed by atoms with E-state index in [0.717, 1.165) is 12.8 Å². The molecule has 4 N–H and O–H groups in total. The number of aliphatic hydroxyl groups is 1. The molecule has 0 fully saturated rings. The second-order valence-corrected chi connectivity index (χ2v) is 3.58. The highest BCUT2D eigenvalue weighted by molar-refractivity contribution is 7.51. The second kappa shape index (κ2) is 131. The van der Waals surface area contributed by atoms with Gasteiger partial charge in [-0.1, -0.05) is 88.5 Å². The van der Waals surface area contributed by atoms with Crippen LogP contribution in [0, 0.1) is 11.3 Å². The first-order valence-electron chi connectivity index (χ1n) is 7.96. The van der Waals surface area contributed by atoms with Gasteiger partial charge in [0.05, 0.1) is 6.07 Å². The fourth-order valence-corrected chi connectivity index (χ4v) is 0.715. The third-order valence-corrected chi connectivity index (χ3v) is 1.63. The molecule has 0 atom stereocenters. The first kappa shape index (κ1) is 56.3. The van der Waals surface area contributed by atoms with Gasteiger partial charge in [-0.05, 0) is 6.42 Å². The van der Waals surface area contributed by atoms with Crippen LogP contribution in [0.5, 0.6) is 0 Å². The van der Waals surface area contributed by atoms with Crippen LogP contribution in [-0.4, -0.2) is 26.3 Å². The molecule has 8 heteroatoms. The molecule has 0 radical (unpaired) electrons. The molecule has 0 heterocycles. The van der Waals surface area contributed by atoms with E-state index in [1.165, 1.54) is 25.7 Å². The third-order valence-electron chi connectivity index (χ3n) is 1.63. The maximum absolute atomic E-state index is 8.29. The number of nitrogens with zero attached hydrogens (tertiary/aromatic N) is 1. The van der Waals surface area contributed by atoms with Crippen molar-refractivity contribution in [2.24, 2.45) is 0 Å². The van der Waals surface area contributed by atoms with Gasteiger partial charge in [0.15, 0.2) is 0 Å². The number of aliphatic hydroxyl groups excluding tert-OH is 1. The summed E-state index contributed by atoms with van der Waals surface area (Å²) >= 11 is -0.750. The molecule has 26 heavy (non-hydrogen) atoms. The summed E-state index contributed by atoms with van der Waals surface area (Å²) in [6.45, 7) is 12.7. The number of hydrogen-bond acceptors (Lipinski definition) is 7. The molecule has 0 aromatic rings. The molecule has 0 aromatic carbocycles. The van der Waals surface area contributed by atoms with Crippen molar-refractivity contribution >= 4 is 17.7 Å². The minimum absolute atomic E-state index is 0. The van der Waals surface area contributed by atoms with Crippen LogP contribution in [0.25, 0.3) is 0 Å². The van der Waals surface area contributed by atoms with Crippen molar-refractivity contribution in [1.29, 1.82) is 5.26 Å². The van der Waals surface area contributed by atoms with Crippen molar-refractivity contribution in [3.63, 3.8) is 0 Å². The molecule has 0 aromatic heterocycles. The van der Waals surface area contributed by atoms with Crippen molar-refractivity contribution in [1.82, 2.24) is 6.15 Å². The highest BCUT2D eigenvalue weighted by Gasteiger charge is 1.76. The van der Waals surface area contributed by atoms with E-state index in [1.54, 1.807) is 0 Å². The number of unbranched alkanes of at least 4 members (excludes halogenated alkanes) is 4. The average molecular weight is 403 g/mol. The Bertz CT molecular complexity index is 230. The topological polar surface area (TPSA) is 147 Å². The molecule has 0 rings (SSSR count). The summed E-state index contributed by atoms with van der Waals surface area (Å²) in [5.41, 5.74) is 0. The normalized spacial score (nSPS) is 5.46. The van der Waals surface area contributed by atoms with Crippen molar-refractivity contribution in [3.8, 4) is 6.07 Å². The van der Waals surface area contributed by atoms with Gasteiger partial charge in [-0.3, -0.25) is 0 Å². The lowest BCUT2D eigenvalue weighted by Gasteiger charge is -1.85. The number of nitriles is 1. The van der Waals surface area contributed by atoms with Crippen LogP contribution in [-0.2, 0) is 21.2 Å². The first-order chi connectivity index (χ1) is 11.1. The minimum Gasteiger partial charge on any atom is -0.396 e. The molecular formula is C18H46N2O5S. The van der Waals surface area contributed by atoms with E-state index in [9.17, 15) is 0 Å². The molecule has 0 amide bonds. The Balaban J connectivity index is -0.0000000192. The van der Waals surface area contributed by atoms with Crippen LogP contribution < -0.4 is 6.15 Å². The van der Waals surface area contributed by atoms with Gasteiger partial charge in [0.25, 0.3) is 0 Å². The van der Waals surface area contributed by atoms with Crippen molar-refractivity contribution in [3.05, 3.63) is 0 Å². The van der Waals surface area contributed by atoms with Gasteiger partial charge in [-0.15, -0.1) is 0 Å². The smallest absolute Gasteiger partial charge is 0.373 e. The van der Waals surface area contributed by atoms with E-state index in [4.69, 9.17) is 28.4 Å². The van der Waals surface area contributed by atoms with E-state index >= 15 is 0 Å². The highest BCUT2D eigenvalue weighted by atomic mass is 32.1. The quantitative estimate of drug-likeness (QED) is 0.577. The summed E-state index contributed by atoms with van der Waals surface area (Å²) in [6.07, 6.45) is 8.28. The van der Waals surface area contributed by atoms with E-state index < -0.39 is 11.6 Å². The molecule has 0 aliphatic carbocycles.